The fourth-order valence-electron chi connectivity index (χ4n) is 1.18. The van der Waals surface area contributed by atoms with Gasteiger partial charge in [0.25, 0.3) is 5.92 Å². The average Bonchev–Trinajstić information content (AvgIpc) is 2.30. The van der Waals surface area contributed by atoms with Gasteiger partial charge < -0.3 is 5.73 Å². The molecule has 0 radical (unpaired) electrons. The monoisotopic (exact) mass is 282 g/mol. The number of hydrogen-bond acceptors (Lipinski definition) is 3. The number of nitrogens with two attached hydrogens (primary N) is 1. The molecule has 1 rings (SSSR count). The maximum atomic E-state index is 13.6. The highest BCUT2D eigenvalue weighted by Crippen LogP contribution is 2.18. The van der Waals surface area contributed by atoms with E-state index in [1.807, 2.05) is 0 Å². The third-order valence-electron chi connectivity index (χ3n) is 2.27. The Kier molecular flexibility index (Phi) is 4.36. The van der Waals surface area contributed by atoms with E-state index in [1.54, 1.807) is 4.72 Å². The number of aryl methyl sites for hydroxylation is 1. The molecule has 0 heterocycles. The number of hydrogen-bond donors (Lipinski definition) is 2. The van der Waals surface area contributed by atoms with E-state index in [-0.39, 0.29) is 5.56 Å². The van der Waals surface area contributed by atoms with Crippen LogP contribution < -0.4 is 10.5 Å². The van der Waals surface area contributed by atoms with E-state index in [9.17, 15) is 21.6 Å². The Morgan fingerprint density at radius 1 is 1.39 bits per heavy atom. The van der Waals surface area contributed by atoms with Crippen molar-refractivity contribution in [3.8, 4) is 0 Å². The van der Waals surface area contributed by atoms with E-state index >= 15 is 0 Å². The quantitative estimate of drug-likeness (QED) is 0.846. The molecule has 3 N–H and O–H groups in total. The van der Waals surface area contributed by atoms with E-state index in [0.717, 1.165) is 6.07 Å². The molecule has 0 aliphatic rings. The highest BCUT2D eigenvalue weighted by Gasteiger charge is 2.30. The topological polar surface area (TPSA) is 72.2 Å². The van der Waals surface area contributed by atoms with Crippen LogP contribution in [0.25, 0.3) is 0 Å². The van der Waals surface area contributed by atoms with Gasteiger partial charge in [-0.3, -0.25) is 0 Å². The number of nitrogens with one attached hydrogen (secondary N) is 1. The van der Waals surface area contributed by atoms with Crippen molar-refractivity contribution < 1.29 is 21.6 Å². The standard InChI is InChI=1S/C10H13F3N2O2S/c1-7-3-2-4-8(9(7)11)18(16,17)15-6-10(12,13)5-14/h2-4,15H,5-6,14H2,1H3. The fraction of sp³-hybridized carbons (Fsp3) is 0.400. The molecule has 0 atom stereocenters. The first-order valence-electron chi connectivity index (χ1n) is 5.02. The summed E-state index contributed by atoms with van der Waals surface area (Å²) in [6.07, 6.45) is 0. The number of sulfonamides is 1. The van der Waals surface area contributed by atoms with Crippen molar-refractivity contribution >= 4 is 10.0 Å². The van der Waals surface area contributed by atoms with Gasteiger partial charge in [0.05, 0.1) is 13.1 Å². The lowest BCUT2D eigenvalue weighted by atomic mass is 10.2. The molecule has 0 unspecified atom stereocenters. The summed E-state index contributed by atoms with van der Waals surface area (Å²) in [6, 6.07) is 3.71. The SMILES string of the molecule is Cc1cccc(S(=O)(=O)NCC(F)(F)CN)c1F. The van der Waals surface area contributed by atoms with Gasteiger partial charge in [-0.1, -0.05) is 12.1 Å². The molecule has 0 aromatic heterocycles. The molecular weight excluding hydrogens is 269 g/mol. The van der Waals surface area contributed by atoms with Crippen molar-refractivity contribution in [2.24, 2.45) is 5.73 Å². The Hall–Kier alpha value is -1.12. The molecule has 0 bridgehead atoms. The van der Waals surface area contributed by atoms with E-state index in [4.69, 9.17) is 5.73 Å². The summed E-state index contributed by atoms with van der Waals surface area (Å²) in [5.74, 6) is -4.33. The third-order valence-corrected chi connectivity index (χ3v) is 3.68. The predicted molar refractivity (Wildman–Crippen MR) is 60.3 cm³/mol. The van der Waals surface area contributed by atoms with E-state index in [2.05, 4.69) is 0 Å². The Labute approximate surface area is 103 Å². The third kappa shape index (κ3) is 3.44. The molecule has 0 aliphatic heterocycles. The van der Waals surface area contributed by atoms with Crippen LogP contribution in [-0.4, -0.2) is 27.4 Å². The highest BCUT2D eigenvalue weighted by molar-refractivity contribution is 7.89. The van der Waals surface area contributed by atoms with Gasteiger partial charge in [0, 0.05) is 0 Å². The summed E-state index contributed by atoms with van der Waals surface area (Å²) in [5.41, 5.74) is 4.88. The molecule has 0 saturated carbocycles. The largest absolute Gasteiger partial charge is 0.325 e. The lowest BCUT2D eigenvalue weighted by molar-refractivity contribution is 0.0170. The molecule has 0 amide bonds. The minimum atomic E-state index is -4.32. The van der Waals surface area contributed by atoms with E-state index in [0.29, 0.717) is 0 Å². The summed E-state index contributed by atoms with van der Waals surface area (Å²) < 4.78 is 64.2. The molecule has 0 aliphatic carbocycles. The molecule has 4 nitrogen and oxygen atoms in total. The Balaban J connectivity index is 2.98. The first kappa shape index (κ1) is 14.9. The summed E-state index contributed by atoms with van der Waals surface area (Å²) in [5, 5.41) is 0. The van der Waals surface area contributed by atoms with E-state index < -0.39 is 39.7 Å². The second-order valence-corrected chi connectivity index (χ2v) is 5.51. The number of halogens is 3. The van der Waals surface area contributed by atoms with Crippen LogP contribution in [-0.2, 0) is 10.0 Å². The van der Waals surface area contributed by atoms with Crippen molar-refractivity contribution in [2.75, 3.05) is 13.1 Å². The van der Waals surface area contributed by atoms with Gasteiger partial charge in [-0.15, -0.1) is 0 Å². The Morgan fingerprint density at radius 3 is 2.56 bits per heavy atom. The van der Waals surface area contributed by atoms with Gasteiger partial charge in [0.2, 0.25) is 10.0 Å². The second kappa shape index (κ2) is 5.25. The minimum absolute atomic E-state index is 0.114. The molecular formula is C10H13F3N2O2S. The van der Waals surface area contributed by atoms with Crippen LogP contribution in [0.4, 0.5) is 13.2 Å². The van der Waals surface area contributed by atoms with Crippen LogP contribution in [0.3, 0.4) is 0 Å². The normalized spacial score (nSPS) is 12.7. The van der Waals surface area contributed by atoms with Gasteiger partial charge in [-0.05, 0) is 18.6 Å². The predicted octanol–water partition coefficient (Wildman–Crippen LogP) is 1.01. The van der Waals surface area contributed by atoms with Crippen molar-refractivity contribution in [1.29, 1.82) is 0 Å². The van der Waals surface area contributed by atoms with Crippen LogP contribution in [0.2, 0.25) is 0 Å². The molecule has 0 fully saturated rings. The number of benzene rings is 1. The van der Waals surface area contributed by atoms with Crippen LogP contribution in [0.15, 0.2) is 23.1 Å². The first-order chi connectivity index (χ1) is 8.19. The van der Waals surface area contributed by atoms with E-state index in [1.165, 1.54) is 19.1 Å². The lowest BCUT2D eigenvalue weighted by Crippen LogP contribution is -2.41. The van der Waals surface area contributed by atoms with Gasteiger partial charge in [0.1, 0.15) is 10.7 Å². The fourth-order valence-corrected chi connectivity index (χ4v) is 2.39. The van der Waals surface area contributed by atoms with Crippen molar-refractivity contribution in [2.45, 2.75) is 17.7 Å². The zero-order valence-electron chi connectivity index (χ0n) is 9.58. The molecule has 1 aromatic rings. The van der Waals surface area contributed by atoms with Crippen LogP contribution in [0.5, 0.6) is 0 Å². The molecule has 8 heteroatoms. The van der Waals surface area contributed by atoms with Crippen molar-refractivity contribution in [3.05, 3.63) is 29.6 Å². The maximum absolute atomic E-state index is 13.6. The van der Waals surface area contributed by atoms with Gasteiger partial charge in [-0.25, -0.2) is 26.3 Å². The molecule has 102 valence electrons. The maximum Gasteiger partial charge on any atom is 0.273 e. The second-order valence-electron chi connectivity index (χ2n) is 3.77. The molecule has 1 aromatic carbocycles. The molecule has 0 saturated heterocycles. The summed E-state index contributed by atoms with van der Waals surface area (Å²) in [6.45, 7) is -0.784. The molecule has 18 heavy (non-hydrogen) atoms. The van der Waals surface area contributed by atoms with Gasteiger partial charge in [-0.2, -0.15) is 0 Å². The van der Waals surface area contributed by atoms with Crippen molar-refractivity contribution in [3.63, 3.8) is 0 Å². The first-order valence-corrected chi connectivity index (χ1v) is 6.50. The Bertz CT molecular complexity index is 532. The van der Waals surface area contributed by atoms with Gasteiger partial charge >= 0.3 is 0 Å². The molecule has 0 spiro atoms. The van der Waals surface area contributed by atoms with Crippen LogP contribution in [0.1, 0.15) is 5.56 Å². The number of alkyl halides is 2. The summed E-state index contributed by atoms with van der Waals surface area (Å²) >= 11 is 0. The van der Waals surface area contributed by atoms with Crippen molar-refractivity contribution in [1.82, 2.24) is 4.72 Å². The zero-order chi connectivity index (χ0) is 14.0. The smallest absolute Gasteiger partial charge is 0.273 e. The Morgan fingerprint density at radius 2 is 2.00 bits per heavy atom. The van der Waals surface area contributed by atoms with Crippen LogP contribution >= 0.6 is 0 Å². The van der Waals surface area contributed by atoms with Gasteiger partial charge in [0.15, 0.2) is 0 Å². The zero-order valence-corrected chi connectivity index (χ0v) is 10.4. The average molecular weight is 282 g/mol. The highest BCUT2D eigenvalue weighted by atomic mass is 32.2. The summed E-state index contributed by atoms with van der Waals surface area (Å²) in [7, 11) is -4.32. The lowest BCUT2D eigenvalue weighted by Gasteiger charge is -2.15. The summed E-state index contributed by atoms with van der Waals surface area (Å²) in [4.78, 5) is -0.657. The number of rotatable bonds is 5. The minimum Gasteiger partial charge on any atom is -0.325 e. The van der Waals surface area contributed by atoms with Crippen LogP contribution in [0, 0.1) is 12.7 Å².